The zero-order valence-corrected chi connectivity index (χ0v) is 14.2. The summed E-state index contributed by atoms with van der Waals surface area (Å²) in [5, 5.41) is 3.40. The fourth-order valence-corrected chi connectivity index (χ4v) is 2.29. The molecule has 23 heavy (non-hydrogen) atoms. The van der Waals surface area contributed by atoms with Crippen LogP contribution >= 0.6 is 0 Å². The normalized spacial score (nSPS) is 11.7. The van der Waals surface area contributed by atoms with E-state index in [-0.39, 0.29) is 0 Å². The molecule has 0 amide bonds. The Labute approximate surface area is 137 Å². The summed E-state index contributed by atoms with van der Waals surface area (Å²) < 4.78 is 12.6. The van der Waals surface area contributed by atoms with E-state index in [4.69, 9.17) is 9.15 Å². The second-order valence-electron chi connectivity index (χ2n) is 5.42. The highest BCUT2D eigenvalue weighted by atomic mass is 16.5. The monoisotopic (exact) mass is 318 g/mol. The van der Waals surface area contributed by atoms with E-state index in [0.29, 0.717) is 13.2 Å². The molecule has 0 unspecified atom stereocenters. The first-order valence-corrected chi connectivity index (χ1v) is 7.81. The van der Waals surface area contributed by atoms with Crippen LogP contribution in [0, 0.1) is 0 Å². The summed E-state index contributed by atoms with van der Waals surface area (Å²) in [4.78, 5) is 6.73. The third kappa shape index (κ3) is 5.49. The Morgan fingerprint density at radius 3 is 2.91 bits per heavy atom. The van der Waals surface area contributed by atoms with Crippen LogP contribution in [0.2, 0.25) is 0 Å². The van der Waals surface area contributed by atoms with Crippen molar-refractivity contribution in [2.24, 2.45) is 12.0 Å². The predicted octanol–water partition coefficient (Wildman–Crippen LogP) is 1.88. The van der Waals surface area contributed by atoms with Crippen molar-refractivity contribution >= 4 is 5.96 Å². The molecule has 0 saturated carbocycles. The molecule has 6 heteroatoms. The number of aliphatic imine (C=N–C) groups is 1. The van der Waals surface area contributed by atoms with Crippen LogP contribution in [0.4, 0.5) is 0 Å². The molecule has 1 N–H and O–H groups in total. The van der Waals surface area contributed by atoms with Gasteiger partial charge in [0.25, 0.3) is 0 Å². The van der Waals surface area contributed by atoms with Crippen molar-refractivity contribution in [2.75, 3.05) is 33.9 Å². The van der Waals surface area contributed by atoms with Gasteiger partial charge in [-0.2, -0.15) is 0 Å². The van der Waals surface area contributed by atoms with Gasteiger partial charge < -0.3 is 23.9 Å². The van der Waals surface area contributed by atoms with E-state index in [1.54, 1.807) is 13.4 Å². The van der Waals surface area contributed by atoms with E-state index in [9.17, 15) is 0 Å². The molecule has 0 aliphatic carbocycles. The Morgan fingerprint density at radius 2 is 2.26 bits per heavy atom. The Morgan fingerprint density at radius 1 is 1.39 bits per heavy atom. The van der Waals surface area contributed by atoms with Gasteiger partial charge in [0.1, 0.15) is 5.76 Å². The number of aromatic nitrogens is 1. The molecule has 0 bridgehead atoms. The van der Waals surface area contributed by atoms with Crippen LogP contribution in [-0.2, 0) is 24.8 Å². The molecule has 2 rings (SSSR count). The number of nitrogens with zero attached hydrogens (tertiary/aromatic N) is 3. The molecule has 0 radical (unpaired) electrons. The second-order valence-corrected chi connectivity index (χ2v) is 5.42. The van der Waals surface area contributed by atoms with Crippen molar-refractivity contribution in [2.45, 2.75) is 13.0 Å². The van der Waals surface area contributed by atoms with Gasteiger partial charge in [0.2, 0.25) is 0 Å². The number of guanidine groups is 1. The summed E-state index contributed by atoms with van der Waals surface area (Å²) in [6, 6.07) is 8.06. The molecule has 0 saturated heterocycles. The zero-order valence-electron chi connectivity index (χ0n) is 14.2. The third-order valence-corrected chi connectivity index (χ3v) is 3.60. The van der Waals surface area contributed by atoms with Crippen molar-refractivity contribution in [1.29, 1.82) is 0 Å². The van der Waals surface area contributed by atoms with Gasteiger partial charge in [-0.05, 0) is 24.3 Å². The van der Waals surface area contributed by atoms with Gasteiger partial charge in [-0.25, -0.2) is 0 Å². The first kappa shape index (κ1) is 17.1. The minimum Gasteiger partial charge on any atom is -0.469 e. The number of ether oxygens (including phenoxy) is 1. The molecule has 0 aliphatic heterocycles. The Hall–Kier alpha value is -2.21. The van der Waals surface area contributed by atoms with Crippen LogP contribution in [-0.4, -0.2) is 49.3 Å². The molecule has 0 atom stereocenters. The van der Waals surface area contributed by atoms with E-state index in [1.165, 1.54) is 5.69 Å². The van der Waals surface area contributed by atoms with Crippen molar-refractivity contribution in [3.63, 3.8) is 0 Å². The molecule has 2 aromatic heterocycles. The van der Waals surface area contributed by atoms with Gasteiger partial charge in [0.05, 0.1) is 26.0 Å². The van der Waals surface area contributed by atoms with Crippen molar-refractivity contribution in [3.05, 3.63) is 48.2 Å². The molecule has 2 heterocycles. The van der Waals surface area contributed by atoms with Gasteiger partial charge in [0, 0.05) is 46.1 Å². The average Bonchev–Trinajstić information content (AvgIpc) is 3.18. The lowest BCUT2D eigenvalue weighted by Gasteiger charge is -2.22. The van der Waals surface area contributed by atoms with Gasteiger partial charge >= 0.3 is 0 Å². The maximum atomic E-state index is 5.36. The number of hydrogen-bond donors (Lipinski definition) is 1. The van der Waals surface area contributed by atoms with E-state index in [2.05, 4.69) is 45.2 Å². The van der Waals surface area contributed by atoms with Crippen molar-refractivity contribution < 1.29 is 9.15 Å². The lowest BCUT2D eigenvalue weighted by atomic mass is 10.3. The third-order valence-electron chi connectivity index (χ3n) is 3.60. The van der Waals surface area contributed by atoms with E-state index in [0.717, 1.165) is 31.2 Å². The molecule has 126 valence electrons. The summed E-state index contributed by atoms with van der Waals surface area (Å²) in [7, 11) is 5.78. The van der Waals surface area contributed by atoms with Crippen LogP contribution < -0.4 is 5.32 Å². The predicted molar refractivity (Wildman–Crippen MR) is 91.5 cm³/mol. The largest absolute Gasteiger partial charge is 0.469 e. The maximum Gasteiger partial charge on any atom is 0.194 e. The summed E-state index contributed by atoms with van der Waals surface area (Å²) in [5.74, 6) is 1.84. The summed E-state index contributed by atoms with van der Waals surface area (Å²) in [6.07, 6.45) is 4.58. The fourth-order valence-electron chi connectivity index (χ4n) is 2.29. The van der Waals surface area contributed by atoms with Crippen LogP contribution in [0.3, 0.4) is 0 Å². The maximum absolute atomic E-state index is 5.36. The highest BCUT2D eigenvalue weighted by Gasteiger charge is 2.09. The number of rotatable bonds is 8. The minimum absolute atomic E-state index is 0.612. The van der Waals surface area contributed by atoms with Gasteiger partial charge in [0.15, 0.2) is 5.96 Å². The highest BCUT2D eigenvalue weighted by Crippen LogP contribution is 2.04. The van der Waals surface area contributed by atoms with Gasteiger partial charge in [-0.3, -0.25) is 4.99 Å². The molecule has 6 nitrogen and oxygen atoms in total. The van der Waals surface area contributed by atoms with Crippen molar-refractivity contribution in [3.8, 4) is 0 Å². The lowest BCUT2D eigenvalue weighted by molar-refractivity contribution is 0.207. The van der Waals surface area contributed by atoms with Crippen LogP contribution in [0.1, 0.15) is 11.5 Å². The van der Waals surface area contributed by atoms with E-state index < -0.39 is 0 Å². The first-order chi connectivity index (χ1) is 11.2. The number of furan rings is 1. The highest BCUT2D eigenvalue weighted by molar-refractivity contribution is 5.79. The average molecular weight is 318 g/mol. The standard InChI is InChI=1S/C17H26N4O2/c1-20-11-4-6-15(20)14-21(2)17(19-10-13-22-3)18-9-8-16-7-5-12-23-16/h4-7,11-12H,8-10,13-14H2,1-3H3,(H,18,19). The molecule has 0 fully saturated rings. The molecule has 2 aromatic rings. The SMILES string of the molecule is COCCN=C(NCCc1ccco1)N(C)Cc1cccn1C. The van der Waals surface area contributed by atoms with E-state index >= 15 is 0 Å². The number of methoxy groups -OCH3 is 1. The molecular formula is C17H26N4O2. The Bertz CT molecular complexity index is 590. The fraction of sp³-hybridized carbons (Fsp3) is 0.471. The Balaban J connectivity index is 1.92. The van der Waals surface area contributed by atoms with Crippen molar-refractivity contribution in [1.82, 2.24) is 14.8 Å². The summed E-state index contributed by atoms with van der Waals surface area (Å²) in [5.41, 5.74) is 1.24. The first-order valence-electron chi connectivity index (χ1n) is 7.81. The zero-order chi connectivity index (χ0) is 16.5. The van der Waals surface area contributed by atoms with Crippen LogP contribution in [0.15, 0.2) is 46.1 Å². The lowest BCUT2D eigenvalue weighted by Crippen LogP contribution is -2.40. The summed E-state index contributed by atoms with van der Waals surface area (Å²) >= 11 is 0. The molecule has 0 spiro atoms. The molecule has 0 aliphatic rings. The number of nitrogens with one attached hydrogen (secondary N) is 1. The van der Waals surface area contributed by atoms with Crippen LogP contribution in [0.25, 0.3) is 0 Å². The van der Waals surface area contributed by atoms with Gasteiger partial charge in [-0.1, -0.05) is 0 Å². The van der Waals surface area contributed by atoms with E-state index in [1.807, 2.05) is 19.2 Å². The second kappa shape index (κ2) is 9.05. The molecule has 0 aromatic carbocycles. The Kier molecular flexibility index (Phi) is 6.75. The number of hydrogen-bond acceptors (Lipinski definition) is 3. The molecular weight excluding hydrogens is 292 g/mol. The smallest absolute Gasteiger partial charge is 0.194 e. The van der Waals surface area contributed by atoms with Crippen LogP contribution in [0.5, 0.6) is 0 Å². The number of aryl methyl sites for hydroxylation is 1. The summed E-state index contributed by atoms with van der Waals surface area (Å²) in [6.45, 7) is 2.82. The minimum atomic E-state index is 0.612. The van der Waals surface area contributed by atoms with Gasteiger partial charge in [-0.15, -0.1) is 0 Å². The quantitative estimate of drug-likeness (QED) is 0.459. The topological polar surface area (TPSA) is 54.9 Å².